The fraction of sp³-hybridized carbons (Fsp3) is 0.467. The van der Waals surface area contributed by atoms with E-state index in [-0.39, 0.29) is 18.4 Å². The second-order valence-electron chi connectivity index (χ2n) is 5.42. The molecule has 0 aromatic heterocycles. The zero-order valence-corrected chi connectivity index (χ0v) is 11.5. The van der Waals surface area contributed by atoms with E-state index in [2.05, 4.69) is 13.8 Å². The SMILES string of the molecule is CC(C)c1ccc([C@@H]2[C@@H](C(=O)O)CC(=O)N2C)cc1. The lowest BCUT2D eigenvalue weighted by Gasteiger charge is -2.23. The molecule has 0 radical (unpaired) electrons. The predicted molar refractivity (Wildman–Crippen MR) is 71.8 cm³/mol. The molecule has 0 aliphatic carbocycles. The van der Waals surface area contributed by atoms with Crippen LogP contribution in [0.5, 0.6) is 0 Å². The number of benzene rings is 1. The Morgan fingerprint density at radius 3 is 2.37 bits per heavy atom. The van der Waals surface area contributed by atoms with Crippen LogP contribution in [0.3, 0.4) is 0 Å². The topological polar surface area (TPSA) is 57.6 Å². The molecule has 1 aromatic carbocycles. The van der Waals surface area contributed by atoms with Crippen LogP contribution in [0.1, 0.15) is 43.4 Å². The minimum absolute atomic E-state index is 0.0857. The van der Waals surface area contributed by atoms with Gasteiger partial charge in [0.25, 0.3) is 0 Å². The molecule has 0 bridgehead atoms. The fourth-order valence-corrected chi connectivity index (χ4v) is 2.63. The van der Waals surface area contributed by atoms with E-state index >= 15 is 0 Å². The number of amides is 1. The van der Waals surface area contributed by atoms with Crippen LogP contribution in [0.2, 0.25) is 0 Å². The van der Waals surface area contributed by atoms with E-state index in [1.54, 1.807) is 11.9 Å². The third-order valence-corrected chi connectivity index (χ3v) is 3.85. The third kappa shape index (κ3) is 2.48. The highest BCUT2D eigenvalue weighted by Gasteiger charge is 2.42. The lowest BCUT2D eigenvalue weighted by atomic mass is 9.92. The maximum Gasteiger partial charge on any atom is 0.309 e. The summed E-state index contributed by atoms with van der Waals surface area (Å²) in [5.74, 6) is -1.23. The highest BCUT2D eigenvalue weighted by Crippen LogP contribution is 2.37. The average molecular weight is 261 g/mol. The molecule has 2 atom stereocenters. The van der Waals surface area contributed by atoms with Crippen molar-refractivity contribution in [2.75, 3.05) is 7.05 Å². The van der Waals surface area contributed by atoms with Gasteiger partial charge in [-0.25, -0.2) is 0 Å². The van der Waals surface area contributed by atoms with E-state index in [9.17, 15) is 14.7 Å². The molecule has 1 aromatic rings. The van der Waals surface area contributed by atoms with Gasteiger partial charge in [-0.3, -0.25) is 9.59 Å². The Morgan fingerprint density at radius 2 is 1.89 bits per heavy atom. The summed E-state index contributed by atoms with van der Waals surface area (Å²) in [6.07, 6.45) is 0.0857. The Labute approximate surface area is 113 Å². The lowest BCUT2D eigenvalue weighted by molar-refractivity contribution is -0.142. The molecule has 4 heteroatoms. The molecule has 0 spiro atoms. The first-order chi connectivity index (χ1) is 8.91. The zero-order valence-electron chi connectivity index (χ0n) is 11.5. The molecule has 4 nitrogen and oxygen atoms in total. The number of carboxylic acid groups (broad SMARTS) is 1. The molecule has 0 saturated carbocycles. The molecule has 102 valence electrons. The molecule has 19 heavy (non-hydrogen) atoms. The standard InChI is InChI=1S/C15H19NO3/c1-9(2)10-4-6-11(7-5-10)14-12(15(18)19)8-13(17)16(14)3/h4-7,9,12,14H,8H2,1-3H3,(H,18,19)/t12-,14+/m0/s1. The lowest BCUT2D eigenvalue weighted by Crippen LogP contribution is -2.26. The van der Waals surface area contributed by atoms with E-state index in [1.807, 2.05) is 24.3 Å². The van der Waals surface area contributed by atoms with Gasteiger partial charge in [0, 0.05) is 13.5 Å². The molecule has 1 amide bonds. The highest BCUT2D eigenvalue weighted by atomic mass is 16.4. The van der Waals surface area contributed by atoms with Gasteiger partial charge in [-0.1, -0.05) is 38.1 Å². The first-order valence-electron chi connectivity index (χ1n) is 6.50. The van der Waals surface area contributed by atoms with E-state index in [4.69, 9.17) is 0 Å². The van der Waals surface area contributed by atoms with Crippen LogP contribution in [-0.2, 0) is 9.59 Å². The smallest absolute Gasteiger partial charge is 0.309 e. The molecule has 2 rings (SSSR count). The van der Waals surface area contributed by atoms with Crippen LogP contribution in [0.4, 0.5) is 0 Å². The summed E-state index contributed by atoms with van der Waals surface area (Å²) in [6.45, 7) is 4.22. The Kier molecular flexibility index (Phi) is 3.60. The second-order valence-corrected chi connectivity index (χ2v) is 5.42. The highest BCUT2D eigenvalue weighted by molar-refractivity contribution is 5.87. The normalized spacial score (nSPS) is 23.2. The van der Waals surface area contributed by atoms with E-state index in [1.165, 1.54) is 5.56 Å². The Morgan fingerprint density at radius 1 is 1.32 bits per heavy atom. The van der Waals surface area contributed by atoms with Crippen LogP contribution in [0.15, 0.2) is 24.3 Å². The Hall–Kier alpha value is -1.84. The average Bonchev–Trinajstić information content (AvgIpc) is 2.66. The van der Waals surface area contributed by atoms with Crippen molar-refractivity contribution < 1.29 is 14.7 Å². The summed E-state index contributed by atoms with van der Waals surface area (Å²) < 4.78 is 0. The van der Waals surface area contributed by atoms with Crippen molar-refractivity contribution in [1.82, 2.24) is 4.90 Å². The van der Waals surface area contributed by atoms with Crippen molar-refractivity contribution in [3.05, 3.63) is 35.4 Å². The van der Waals surface area contributed by atoms with Crippen LogP contribution in [0.25, 0.3) is 0 Å². The van der Waals surface area contributed by atoms with Gasteiger partial charge in [-0.15, -0.1) is 0 Å². The number of likely N-dealkylation sites (tertiary alicyclic amines) is 1. The molecular formula is C15H19NO3. The monoisotopic (exact) mass is 261 g/mol. The first kappa shape index (κ1) is 13.6. The predicted octanol–water partition coefficient (Wildman–Crippen LogP) is 2.41. The maximum absolute atomic E-state index is 11.7. The summed E-state index contributed by atoms with van der Waals surface area (Å²) >= 11 is 0. The number of aliphatic carboxylic acids is 1. The van der Waals surface area contributed by atoms with Gasteiger partial charge in [0.2, 0.25) is 5.91 Å². The Bertz CT molecular complexity index is 493. The molecule has 1 saturated heterocycles. The summed E-state index contributed by atoms with van der Waals surface area (Å²) in [5, 5.41) is 9.24. The van der Waals surface area contributed by atoms with Crippen LogP contribution in [-0.4, -0.2) is 28.9 Å². The number of carbonyl (C=O) groups excluding carboxylic acids is 1. The molecule has 0 unspecified atom stereocenters. The fourth-order valence-electron chi connectivity index (χ4n) is 2.63. The van der Waals surface area contributed by atoms with Crippen molar-refractivity contribution in [2.24, 2.45) is 5.92 Å². The van der Waals surface area contributed by atoms with Gasteiger partial charge in [0.15, 0.2) is 0 Å². The van der Waals surface area contributed by atoms with Crippen LogP contribution < -0.4 is 0 Å². The number of carbonyl (C=O) groups is 2. The summed E-state index contributed by atoms with van der Waals surface area (Å²) in [4.78, 5) is 24.5. The quantitative estimate of drug-likeness (QED) is 0.909. The van der Waals surface area contributed by atoms with Gasteiger partial charge in [0.05, 0.1) is 12.0 Å². The van der Waals surface area contributed by atoms with Gasteiger partial charge in [-0.2, -0.15) is 0 Å². The molecular weight excluding hydrogens is 242 g/mol. The summed E-state index contributed by atoms with van der Waals surface area (Å²) in [6, 6.07) is 7.53. The van der Waals surface area contributed by atoms with Crippen molar-refractivity contribution in [3.63, 3.8) is 0 Å². The number of carboxylic acids is 1. The minimum Gasteiger partial charge on any atom is -0.481 e. The molecule has 1 aliphatic rings. The van der Waals surface area contributed by atoms with E-state index in [0.717, 1.165) is 5.56 Å². The van der Waals surface area contributed by atoms with Crippen molar-refractivity contribution in [2.45, 2.75) is 32.2 Å². The molecule has 1 fully saturated rings. The van der Waals surface area contributed by atoms with Crippen molar-refractivity contribution >= 4 is 11.9 Å². The maximum atomic E-state index is 11.7. The largest absolute Gasteiger partial charge is 0.481 e. The van der Waals surface area contributed by atoms with Gasteiger partial charge in [0.1, 0.15) is 0 Å². The van der Waals surface area contributed by atoms with Crippen LogP contribution >= 0.6 is 0 Å². The number of hydrogen-bond acceptors (Lipinski definition) is 2. The van der Waals surface area contributed by atoms with Gasteiger partial charge < -0.3 is 10.0 Å². The third-order valence-electron chi connectivity index (χ3n) is 3.85. The molecule has 1 heterocycles. The summed E-state index contributed by atoms with van der Waals surface area (Å²) in [7, 11) is 1.67. The van der Waals surface area contributed by atoms with Gasteiger partial charge in [-0.05, 0) is 17.0 Å². The second kappa shape index (κ2) is 5.03. The van der Waals surface area contributed by atoms with E-state index in [0.29, 0.717) is 5.92 Å². The zero-order chi connectivity index (χ0) is 14.2. The molecule has 1 aliphatic heterocycles. The number of hydrogen-bond donors (Lipinski definition) is 1. The van der Waals surface area contributed by atoms with Gasteiger partial charge >= 0.3 is 5.97 Å². The summed E-state index contributed by atoms with van der Waals surface area (Å²) in [5.41, 5.74) is 2.10. The molecule has 1 N–H and O–H groups in total. The number of rotatable bonds is 3. The van der Waals surface area contributed by atoms with Crippen LogP contribution in [0, 0.1) is 5.92 Å². The van der Waals surface area contributed by atoms with Crippen molar-refractivity contribution in [3.8, 4) is 0 Å². The van der Waals surface area contributed by atoms with E-state index < -0.39 is 11.9 Å². The van der Waals surface area contributed by atoms with Crippen molar-refractivity contribution in [1.29, 1.82) is 0 Å². The number of nitrogens with zero attached hydrogens (tertiary/aromatic N) is 1. The first-order valence-corrected chi connectivity index (χ1v) is 6.50. The minimum atomic E-state index is -0.907. The Balaban J connectivity index is 2.32.